The monoisotopic (exact) mass is 439 g/mol. The third kappa shape index (κ3) is 9.37. The van der Waals surface area contributed by atoms with E-state index < -0.39 is 5.60 Å². The number of amides is 1. The van der Waals surface area contributed by atoms with Gasteiger partial charge in [0.1, 0.15) is 5.60 Å². The predicted molar refractivity (Wildman–Crippen MR) is 130 cm³/mol. The van der Waals surface area contributed by atoms with Gasteiger partial charge in [0.05, 0.1) is 6.54 Å². The van der Waals surface area contributed by atoms with Crippen LogP contribution in [0.15, 0.2) is 47.6 Å². The van der Waals surface area contributed by atoms with E-state index in [0.717, 1.165) is 42.3 Å². The van der Waals surface area contributed by atoms with Crippen molar-refractivity contribution in [1.29, 1.82) is 0 Å². The number of hydrogen-bond donors (Lipinski definition) is 2. The Balaban J connectivity index is 1.86. The molecule has 2 N–H and O–H groups in total. The molecule has 0 radical (unpaired) electrons. The minimum absolute atomic E-state index is 0.325. The molecule has 32 heavy (non-hydrogen) atoms. The van der Waals surface area contributed by atoms with Crippen LogP contribution in [-0.2, 0) is 24.2 Å². The third-order valence-electron chi connectivity index (χ3n) is 4.59. The van der Waals surface area contributed by atoms with Crippen molar-refractivity contribution in [3.05, 3.63) is 65.0 Å². The van der Waals surface area contributed by atoms with E-state index in [1.54, 1.807) is 11.9 Å². The van der Waals surface area contributed by atoms with Gasteiger partial charge in [0.15, 0.2) is 5.96 Å². The molecule has 0 atom stereocenters. The van der Waals surface area contributed by atoms with Gasteiger partial charge in [0, 0.05) is 38.6 Å². The molecule has 7 heteroatoms. The highest BCUT2D eigenvalue weighted by atomic mass is 16.6. The van der Waals surface area contributed by atoms with Crippen LogP contribution in [0.25, 0.3) is 0 Å². The summed E-state index contributed by atoms with van der Waals surface area (Å²) in [6, 6.07) is 12.3. The molecule has 0 fully saturated rings. The molecule has 2 aromatic rings. The van der Waals surface area contributed by atoms with E-state index in [1.807, 2.05) is 64.2 Å². The number of rotatable bonds is 8. The van der Waals surface area contributed by atoms with Gasteiger partial charge in [-0.25, -0.2) is 9.79 Å². The number of benzene rings is 1. The van der Waals surface area contributed by atoms with Crippen molar-refractivity contribution in [1.82, 2.24) is 20.5 Å². The summed E-state index contributed by atoms with van der Waals surface area (Å²) in [4.78, 5) is 22.7. The first-order valence-electron chi connectivity index (χ1n) is 11.1. The summed E-state index contributed by atoms with van der Waals surface area (Å²) < 4.78 is 5.40. The largest absolute Gasteiger partial charge is 0.444 e. The van der Waals surface area contributed by atoms with E-state index in [9.17, 15) is 4.79 Å². The lowest BCUT2D eigenvalue weighted by molar-refractivity contribution is 0.0285. The van der Waals surface area contributed by atoms with Crippen LogP contribution < -0.4 is 10.6 Å². The second-order valence-electron chi connectivity index (χ2n) is 8.83. The molecule has 1 amide bonds. The Kier molecular flexibility index (Phi) is 9.50. The summed E-state index contributed by atoms with van der Waals surface area (Å²) in [6.45, 7) is 12.3. The molecule has 0 saturated carbocycles. The molecule has 1 heterocycles. The van der Waals surface area contributed by atoms with E-state index in [-0.39, 0.29) is 6.09 Å². The molecular formula is C25H37N5O2. The number of guanidine groups is 1. The molecule has 2 rings (SSSR count). The molecule has 1 aromatic heterocycles. The van der Waals surface area contributed by atoms with Gasteiger partial charge in [0.25, 0.3) is 0 Å². The standard InChI is InChI=1S/C25H37N5O2/c1-7-26-23(27-15-14-21-9-8-19(2)28-16-21)29-17-20-10-12-22(13-11-20)18-30(6)24(31)32-25(3,4)5/h8-13,16H,7,14-15,17-18H2,1-6H3,(H2,26,27,29). The Hall–Kier alpha value is -3.09. The second kappa shape index (κ2) is 12.1. The lowest BCUT2D eigenvalue weighted by Gasteiger charge is -2.24. The van der Waals surface area contributed by atoms with Gasteiger partial charge in [-0.05, 0) is 63.8 Å². The average Bonchev–Trinajstić information content (AvgIpc) is 2.73. The fourth-order valence-electron chi connectivity index (χ4n) is 2.91. The van der Waals surface area contributed by atoms with Gasteiger partial charge < -0.3 is 20.3 Å². The summed E-state index contributed by atoms with van der Waals surface area (Å²) in [7, 11) is 1.74. The molecule has 0 aliphatic rings. The third-order valence-corrected chi connectivity index (χ3v) is 4.59. The zero-order valence-electron chi connectivity index (χ0n) is 20.2. The van der Waals surface area contributed by atoms with Crippen molar-refractivity contribution in [3.63, 3.8) is 0 Å². The lowest BCUT2D eigenvalue weighted by atomic mass is 10.1. The van der Waals surface area contributed by atoms with Gasteiger partial charge in [-0.1, -0.05) is 30.3 Å². The first-order chi connectivity index (χ1) is 15.2. The number of hydrogen-bond acceptors (Lipinski definition) is 4. The minimum Gasteiger partial charge on any atom is -0.444 e. The summed E-state index contributed by atoms with van der Waals surface area (Å²) in [5.74, 6) is 0.793. The van der Waals surface area contributed by atoms with Crippen molar-refractivity contribution in [2.75, 3.05) is 20.1 Å². The van der Waals surface area contributed by atoms with Crippen LogP contribution in [0.2, 0.25) is 0 Å². The maximum Gasteiger partial charge on any atom is 0.410 e. The summed E-state index contributed by atoms with van der Waals surface area (Å²) >= 11 is 0. The zero-order chi connectivity index (χ0) is 23.6. The highest BCUT2D eigenvalue weighted by Crippen LogP contribution is 2.12. The maximum absolute atomic E-state index is 12.1. The van der Waals surface area contributed by atoms with E-state index in [0.29, 0.717) is 13.1 Å². The fourth-order valence-corrected chi connectivity index (χ4v) is 2.91. The Labute approximate surface area is 192 Å². The number of nitrogens with zero attached hydrogens (tertiary/aromatic N) is 3. The van der Waals surface area contributed by atoms with Crippen LogP contribution in [0.1, 0.15) is 50.1 Å². The van der Waals surface area contributed by atoms with Crippen molar-refractivity contribution < 1.29 is 9.53 Å². The quantitative estimate of drug-likeness (QED) is 0.479. The topological polar surface area (TPSA) is 78.9 Å². The molecule has 1 aromatic carbocycles. The van der Waals surface area contributed by atoms with E-state index in [1.165, 1.54) is 5.56 Å². The fraction of sp³-hybridized carbons (Fsp3) is 0.480. The number of aromatic nitrogens is 1. The molecule has 0 aliphatic heterocycles. The van der Waals surface area contributed by atoms with Crippen LogP contribution in [0, 0.1) is 6.92 Å². The SMILES string of the molecule is CCNC(=NCc1ccc(CN(C)C(=O)OC(C)(C)C)cc1)NCCc1ccc(C)nc1. The van der Waals surface area contributed by atoms with Crippen molar-refractivity contribution >= 4 is 12.1 Å². The second-order valence-corrected chi connectivity index (χ2v) is 8.83. The van der Waals surface area contributed by atoms with Crippen LogP contribution in [-0.4, -0.2) is 47.7 Å². The lowest BCUT2D eigenvalue weighted by Crippen LogP contribution is -2.38. The Bertz CT molecular complexity index is 871. The Morgan fingerprint density at radius 3 is 2.31 bits per heavy atom. The Morgan fingerprint density at radius 1 is 1.06 bits per heavy atom. The summed E-state index contributed by atoms with van der Waals surface area (Å²) in [6.07, 6.45) is 2.48. The number of ether oxygens (including phenoxy) is 1. The normalized spacial score (nSPS) is 11.8. The van der Waals surface area contributed by atoms with Crippen molar-refractivity contribution in [2.45, 2.75) is 59.7 Å². The Morgan fingerprint density at radius 2 is 1.72 bits per heavy atom. The molecule has 174 valence electrons. The van der Waals surface area contributed by atoms with Crippen LogP contribution in [0.4, 0.5) is 4.79 Å². The number of aryl methyl sites for hydroxylation is 1. The zero-order valence-corrected chi connectivity index (χ0v) is 20.2. The van der Waals surface area contributed by atoms with Crippen molar-refractivity contribution in [3.8, 4) is 0 Å². The summed E-state index contributed by atoms with van der Waals surface area (Å²) in [5, 5.41) is 6.66. The van der Waals surface area contributed by atoms with E-state index in [4.69, 9.17) is 4.74 Å². The number of pyridine rings is 1. The van der Waals surface area contributed by atoms with Crippen molar-refractivity contribution in [2.24, 2.45) is 4.99 Å². The average molecular weight is 440 g/mol. The van der Waals surface area contributed by atoms with Gasteiger partial charge in [-0.15, -0.1) is 0 Å². The maximum atomic E-state index is 12.1. The van der Waals surface area contributed by atoms with Crippen LogP contribution in [0.3, 0.4) is 0 Å². The van der Waals surface area contributed by atoms with E-state index >= 15 is 0 Å². The number of nitrogens with one attached hydrogen (secondary N) is 2. The predicted octanol–water partition coefficient (Wildman–Crippen LogP) is 4.05. The van der Waals surface area contributed by atoms with Gasteiger partial charge in [-0.3, -0.25) is 4.98 Å². The summed E-state index contributed by atoms with van der Waals surface area (Å²) in [5.41, 5.74) is 3.88. The first kappa shape index (κ1) is 25.2. The molecule has 0 spiro atoms. The van der Waals surface area contributed by atoms with Gasteiger partial charge in [0.2, 0.25) is 0 Å². The highest BCUT2D eigenvalue weighted by Gasteiger charge is 2.19. The van der Waals surface area contributed by atoms with Gasteiger partial charge in [-0.2, -0.15) is 0 Å². The number of aliphatic imine (C=N–C) groups is 1. The molecule has 7 nitrogen and oxygen atoms in total. The number of carbonyl (C=O) groups is 1. The minimum atomic E-state index is -0.498. The smallest absolute Gasteiger partial charge is 0.410 e. The van der Waals surface area contributed by atoms with Crippen LogP contribution >= 0.6 is 0 Å². The molecule has 0 aliphatic carbocycles. The number of carbonyl (C=O) groups excluding carboxylic acids is 1. The first-order valence-corrected chi connectivity index (χ1v) is 11.1. The van der Waals surface area contributed by atoms with E-state index in [2.05, 4.69) is 33.6 Å². The highest BCUT2D eigenvalue weighted by molar-refractivity contribution is 5.79. The molecule has 0 bridgehead atoms. The molecular weight excluding hydrogens is 402 g/mol. The molecule has 0 saturated heterocycles. The van der Waals surface area contributed by atoms with Gasteiger partial charge >= 0.3 is 6.09 Å². The molecule has 0 unspecified atom stereocenters. The van der Waals surface area contributed by atoms with Crippen LogP contribution in [0.5, 0.6) is 0 Å².